The van der Waals surface area contributed by atoms with Crippen LogP contribution in [0.15, 0.2) is 84.9 Å². The number of nitrogens with one attached hydrogen (secondary N) is 2. The molecule has 0 aliphatic rings. The first-order chi connectivity index (χ1) is 13.7. The number of para-hydroxylation sites is 2. The highest BCUT2D eigenvalue weighted by atomic mass is 16.5. The Kier molecular flexibility index (Phi) is 6.21. The summed E-state index contributed by atoms with van der Waals surface area (Å²) in [5.74, 6) is 0.143. The van der Waals surface area contributed by atoms with Crippen molar-refractivity contribution in [3.05, 3.63) is 96.1 Å². The molecular weight excluding hydrogens is 352 g/mol. The molecule has 0 spiro atoms. The summed E-state index contributed by atoms with van der Waals surface area (Å²) in [5, 5.41) is 5.58. The number of hydrogen-bond donors (Lipinski definition) is 2. The fourth-order valence-electron chi connectivity index (χ4n) is 2.62. The number of hydrogen-bond acceptors (Lipinski definition) is 3. The van der Waals surface area contributed by atoms with E-state index in [0.717, 1.165) is 5.56 Å². The van der Waals surface area contributed by atoms with E-state index >= 15 is 0 Å². The van der Waals surface area contributed by atoms with Crippen LogP contribution in [0.5, 0.6) is 5.75 Å². The maximum atomic E-state index is 12.4. The lowest BCUT2D eigenvalue weighted by atomic mass is 10.1. The van der Waals surface area contributed by atoms with Crippen LogP contribution in [-0.4, -0.2) is 18.9 Å². The van der Waals surface area contributed by atoms with Crippen LogP contribution in [0.1, 0.15) is 15.9 Å². The van der Waals surface area contributed by atoms with Gasteiger partial charge in [0.05, 0.1) is 7.11 Å². The fourth-order valence-corrected chi connectivity index (χ4v) is 2.62. The van der Waals surface area contributed by atoms with E-state index in [2.05, 4.69) is 10.6 Å². The number of benzene rings is 3. The molecule has 3 aromatic carbocycles. The summed E-state index contributed by atoms with van der Waals surface area (Å²) in [5.41, 5.74) is 2.50. The topological polar surface area (TPSA) is 67.4 Å². The molecule has 5 nitrogen and oxygen atoms in total. The van der Waals surface area contributed by atoms with Gasteiger partial charge in [-0.15, -0.1) is 0 Å². The predicted molar refractivity (Wildman–Crippen MR) is 111 cm³/mol. The quantitative estimate of drug-likeness (QED) is 0.622. The number of rotatable bonds is 6. The molecule has 5 heteroatoms. The second-order valence-corrected chi connectivity index (χ2v) is 5.97. The monoisotopic (exact) mass is 372 g/mol. The molecule has 0 fully saturated rings. The fraction of sp³-hybridized carbons (Fsp3) is 0.0435. The Bertz CT molecular complexity index is 997. The molecule has 0 aliphatic carbocycles. The summed E-state index contributed by atoms with van der Waals surface area (Å²) in [4.78, 5) is 24.6. The van der Waals surface area contributed by atoms with E-state index in [1.165, 1.54) is 6.08 Å². The normalized spacial score (nSPS) is 10.5. The van der Waals surface area contributed by atoms with E-state index in [-0.39, 0.29) is 11.8 Å². The van der Waals surface area contributed by atoms with Crippen molar-refractivity contribution in [1.82, 2.24) is 0 Å². The zero-order valence-electron chi connectivity index (χ0n) is 15.4. The van der Waals surface area contributed by atoms with Gasteiger partial charge in [-0.1, -0.05) is 42.5 Å². The Hall–Kier alpha value is -3.86. The largest absolute Gasteiger partial charge is 0.496 e. The predicted octanol–water partition coefficient (Wildman–Crippen LogP) is 4.60. The Balaban J connectivity index is 1.66. The standard InChI is InChI=1S/C23H20N2O3/c1-28-21-13-6-5-8-17(21)14-15-22(26)24-20-12-7-9-18(16-20)23(27)25-19-10-3-2-4-11-19/h2-16H,1H3,(H,24,26)(H,25,27)/b15-14+. The van der Waals surface area contributed by atoms with Gasteiger partial charge in [-0.3, -0.25) is 9.59 Å². The third-order valence-corrected chi connectivity index (χ3v) is 3.98. The molecule has 0 aliphatic heterocycles. The maximum Gasteiger partial charge on any atom is 0.255 e. The van der Waals surface area contributed by atoms with Crippen LogP contribution in [0, 0.1) is 0 Å². The van der Waals surface area contributed by atoms with Crippen molar-refractivity contribution in [3.8, 4) is 5.75 Å². The Morgan fingerprint density at radius 2 is 1.54 bits per heavy atom. The van der Waals surface area contributed by atoms with Gasteiger partial charge >= 0.3 is 0 Å². The third-order valence-electron chi connectivity index (χ3n) is 3.98. The van der Waals surface area contributed by atoms with Crippen LogP contribution in [0.2, 0.25) is 0 Å². The highest BCUT2D eigenvalue weighted by molar-refractivity contribution is 6.06. The number of anilines is 2. The van der Waals surface area contributed by atoms with Crippen LogP contribution in [-0.2, 0) is 4.79 Å². The Morgan fingerprint density at radius 1 is 0.821 bits per heavy atom. The lowest BCUT2D eigenvalue weighted by Crippen LogP contribution is -2.13. The minimum absolute atomic E-state index is 0.244. The first-order valence-corrected chi connectivity index (χ1v) is 8.74. The number of methoxy groups -OCH3 is 1. The van der Waals surface area contributed by atoms with Crippen molar-refractivity contribution in [2.24, 2.45) is 0 Å². The van der Waals surface area contributed by atoms with E-state index in [0.29, 0.717) is 22.7 Å². The summed E-state index contributed by atoms with van der Waals surface area (Å²) in [6.07, 6.45) is 3.11. The van der Waals surface area contributed by atoms with E-state index < -0.39 is 0 Å². The van der Waals surface area contributed by atoms with E-state index in [1.807, 2.05) is 54.6 Å². The molecule has 28 heavy (non-hydrogen) atoms. The molecule has 0 unspecified atom stereocenters. The van der Waals surface area contributed by atoms with Crippen LogP contribution in [0.3, 0.4) is 0 Å². The maximum absolute atomic E-state index is 12.4. The molecule has 0 saturated heterocycles. The van der Waals surface area contributed by atoms with Gasteiger partial charge in [-0.2, -0.15) is 0 Å². The van der Waals surface area contributed by atoms with Crippen LogP contribution < -0.4 is 15.4 Å². The smallest absolute Gasteiger partial charge is 0.255 e. The lowest BCUT2D eigenvalue weighted by Gasteiger charge is -2.07. The van der Waals surface area contributed by atoms with Crippen molar-refractivity contribution in [2.75, 3.05) is 17.7 Å². The molecule has 0 aromatic heterocycles. The molecule has 140 valence electrons. The average molecular weight is 372 g/mol. The van der Waals surface area contributed by atoms with E-state index in [4.69, 9.17) is 4.74 Å². The van der Waals surface area contributed by atoms with Crippen molar-refractivity contribution >= 4 is 29.3 Å². The first-order valence-electron chi connectivity index (χ1n) is 8.74. The van der Waals surface area contributed by atoms with Crippen LogP contribution in [0.25, 0.3) is 6.08 Å². The van der Waals surface area contributed by atoms with Gasteiger partial charge in [0.25, 0.3) is 5.91 Å². The second-order valence-electron chi connectivity index (χ2n) is 5.97. The summed E-state index contributed by atoms with van der Waals surface area (Å²) >= 11 is 0. The molecule has 3 rings (SSSR count). The summed E-state index contributed by atoms with van der Waals surface area (Å²) < 4.78 is 5.26. The highest BCUT2D eigenvalue weighted by Crippen LogP contribution is 2.19. The van der Waals surface area contributed by atoms with Gasteiger partial charge < -0.3 is 15.4 Å². The number of ether oxygens (including phenoxy) is 1. The van der Waals surface area contributed by atoms with E-state index in [1.54, 1.807) is 37.5 Å². The minimum Gasteiger partial charge on any atom is -0.496 e. The van der Waals surface area contributed by atoms with Crippen molar-refractivity contribution in [1.29, 1.82) is 0 Å². The van der Waals surface area contributed by atoms with Gasteiger partial charge in [-0.05, 0) is 42.5 Å². The molecule has 0 bridgehead atoms. The summed E-state index contributed by atoms with van der Waals surface area (Å²) in [6.45, 7) is 0. The molecule has 2 amide bonds. The molecule has 2 N–H and O–H groups in total. The zero-order valence-corrected chi connectivity index (χ0v) is 15.4. The molecule has 0 heterocycles. The summed E-state index contributed by atoms with van der Waals surface area (Å²) in [6, 6.07) is 23.4. The van der Waals surface area contributed by atoms with Crippen molar-refractivity contribution < 1.29 is 14.3 Å². The van der Waals surface area contributed by atoms with Gasteiger partial charge in [0.1, 0.15) is 5.75 Å². The SMILES string of the molecule is COc1ccccc1/C=C/C(=O)Nc1cccc(C(=O)Nc2ccccc2)c1. The Morgan fingerprint density at radius 3 is 2.32 bits per heavy atom. The van der Waals surface area contributed by atoms with Crippen molar-refractivity contribution in [3.63, 3.8) is 0 Å². The first kappa shape index (κ1) is 18.9. The van der Waals surface area contributed by atoms with Gasteiger partial charge in [-0.25, -0.2) is 0 Å². The molecule has 0 saturated carbocycles. The number of amides is 2. The molecular formula is C23H20N2O3. The van der Waals surface area contributed by atoms with Crippen LogP contribution >= 0.6 is 0 Å². The molecule has 0 radical (unpaired) electrons. The average Bonchev–Trinajstić information content (AvgIpc) is 2.73. The lowest BCUT2D eigenvalue weighted by molar-refractivity contribution is -0.111. The van der Waals surface area contributed by atoms with Gasteiger partial charge in [0.15, 0.2) is 0 Å². The molecule has 0 atom stereocenters. The summed E-state index contributed by atoms with van der Waals surface area (Å²) in [7, 11) is 1.58. The Labute approximate surface area is 163 Å². The number of carbonyl (C=O) groups excluding carboxylic acids is 2. The van der Waals surface area contributed by atoms with Crippen LogP contribution in [0.4, 0.5) is 11.4 Å². The highest BCUT2D eigenvalue weighted by Gasteiger charge is 2.08. The third kappa shape index (κ3) is 5.08. The van der Waals surface area contributed by atoms with Crippen molar-refractivity contribution in [2.45, 2.75) is 0 Å². The number of carbonyl (C=O) groups is 2. The van der Waals surface area contributed by atoms with Gasteiger partial charge in [0, 0.05) is 28.6 Å². The molecule has 3 aromatic rings. The zero-order chi connectivity index (χ0) is 19.8. The second kappa shape index (κ2) is 9.19. The van der Waals surface area contributed by atoms with Gasteiger partial charge in [0.2, 0.25) is 5.91 Å². The minimum atomic E-state index is -0.300. The van der Waals surface area contributed by atoms with E-state index in [9.17, 15) is 9.59 Å².